The van der Waals surface area contributed by atoms with Crippen LogP contribution < -0.4 is 4.90 Å². The first-order valence-electron chi connectivity index (χ1n) is 8.74. The van der Waals surface area contributed by atoms with Crippen molar-refractivity contribution in [1.29, 1.82) is 0 Å². The Bertz CT molecular complexity index is 785. The van der Waals surface area contributed by atoms with E-state index in [4.69, 9.17) is 20.9 Å². The maximum Gasteiger partial charge on any atom is 0.266 e. The highest BCUT2D eigenvalue weighted by Crippen LogP contribution is 2.32. The lowest BCUT2D eigenvalue weighted by Crippen LogP contribution is -2.52. The van der Waals surface area contributed by atoms with Crippen molar-refractivity contribution in [2.24, 2.45) is 0 Å². The molecule has 140 valence electrons. The minimum Gasteiger partial charge on any atom is -0.372 e. The number of hydrogen-bond acceptors (Lipinski definition) is 7. The van der Waals surface area contributed by atoms with Crippen LogP contribution in [0.25, 0.3) is 0 Å². The summed E-state index contributed by atoms with van der Waals surface area (Å²) < 4.78 is 12.0. The van der Waals surface area contributed by atoms with Crippen LogP contribution in [0.1, 0.15) is 30.0 Å². The Morgan fingerprint density at radius 3 is 2.81 bits per heavy atom. The fourth-order valence-electron chi connectivity index (χ4n) is 3.60. The lowest BCUT2D eigenvalue weighted by atomic mass is 9.90. The largest absolute Gasteiger partial charge is 0.372 e. The van der Waals surface area contributed by atoms with Gasteiger partial charge < -0.3 is 19.1 Å². The maximum absolute atomic E-state index is 12.5. The molecule has 2 aromatic rings. The third kappa shape index (κ3) is 3.72. The predicted molar refractivity (Wildman–Crippen MR) is 98.5 cm³/mol. The Kier molecular flexibility index (Phi) is 4.90. The number of piperidine rings is 1. The number of rotatable bonds is 3. The number of halogens is 1. The van der Waals surface area contributed by atoms with E-state index >= 15 is 0 Å². The number of carbonyl (C=O) groups excluding carboxylic acids is 1. The summed E-state index contributed by atoms with van der Waals surface area (Å²) >= 11 is 7.55. The number of ether oxygens (including phenoxy) is 1. The lowest BCUT2D eigenvalue weighted by molar-refractivity contribution is -0.132. The number of nitrogens with zero attached hydrogens (tertiary/aromatic N) is 4. The molecule has 26 heavy (non-hydrogen) atoms. The topological polar surface area (TPSA) is 71.7 Å². The number of amides is 1. The van der Waals surface area contributed by atoms with Crippen LogP contribution >= 0.6 is 22.9 Å². The van der Waals surface area contributed by atoms with Crippen LogP contribution in [-0.4, -0.2) is 52.8 Å². The average molecular weight is 397 g/mol. The second kappa shape index (κ2) is 7.17. The predicted octanol–water partition coefficient (Wildman–Crippen LogP) is 2.88. The molecule has 0 saturated carbocycles. The van der Waals surface area contributed by atoms with E-state index in [1.807, 2.05) is 17.0 Å². The van der Waals surface area contributed by atoms with Gasteiger partial charge in [-0.25, -0.2) is 0 Å². The number of anilines is 1. The summed E-state index contributed by atoms with van der Waals surface area (Å²) in [5.74, 6) is 1.34. The summed E-state index contributed by atoms with van der Waals surface area (Å²) in [6, 6.07) is 3.86. The van der Waals surface area contributed by atoms with Crippen molar-refractivity contribution in [3.8, 4) is 0 Å². The van der Waals surface area contributed by atoms with E-state index in [1.165, 1.54) is 11.3 Å². The summed E-state index contributed by atoms with van der Waals surface area (Å²) in [4.78, 5) is 21.9. The summed E-state index contributed by atoms with van der Waals surface area (Å²) in [6.45, 7) is 5.03. The van der Waals surface area contributed by atoms with Gasteiger partial charge in [-0.3, -0.25) is 4.79 Å². The van der Waals surface area contributed by atoms with Crippen LogP contribution in [-0.2, 0) is 16.1 Å². The molecule has 4 heterocycles. The molecular weight excluding hydrogens is 376 g/mol. The molecule has 0 N–H and O–H groups in total. The van der Waals surface area contributed by atoms with E-state index in [9.17, 15) is 4.79 Å². The second-order valence-electron chi connectivity index (χ2n) is 6.84. The van der Waals surface area contributed by atoms with Gasteiger partial charge in [-0.05, 0) is 30.1 Å². The van der Waals surface area contributed by atoms with Gasteiger partial charge in [-0.15, -0.1) is 11.3 Å². The minimum atomic E-state index is -0.303. The Morgan fingerprint density at radius 2 is 2.15 bits per heavy atom. The molecular formula is C17H21ClN4O3S. The normalized spacial score (nSPS) is 20.6. The minimum absolute atomic E-state index is 0.141. The van der Waals surface area contributed by atoms with E-state index < -0.39 is 0 Å². The highest BCUT2D eigenvalue weighted by Gasteiger charge is 2.41. The van der Waals surface area contributed by atoms with Crippen molar-refractivity contribution in [3.63, 3.8) is 0 Å². The molecule has 2 aliphatic rings. The van der Waals surface area contributed by atoms with Gasteiger partial charge in [0.25, 0.3) is 5.95 Å². The molecule has 2 fully saturated rings. The molecule has 0 atom stereocenters. The van der Waals surface area contributed by atoms with Crippen molar-refractivity contribution in [3.05, 3.63) is 27.2 Å². The highest BCUT2D eigenvalue weighted by molar-refractivity contribution is 7.16. The van der Waals surface area contributed by atoms with Gasteiger partial charge in [0.2, 0.25) is 11.8 Å². The molecule has 0 unspecified atom stereocenters. The smallest absolute Gasteiger partial charge is 0.266 e. The molecule has 9 heteroatoms. The van der Waals surface area contributed by atoms with Crippen LogP contribution in [0.3, 0.4) is 0 Å². The molecule has 7 nitrogen and oxygen atoms in total. The van der Waals surface area contributed by atoms with E-state index in [0.717, 1.165) is 35.1 Å². The standard InChI is InChI=1S/C17H21ClN4O3S/c1-12-19-16(20-25-12)21-7-5-17(6-8-21)11-22(15(23)4-9-24-17)10-13-2-3-14(18)26-13/h2-3H,4-11H2,1H3. The average Bonchev–Trinajstić information content (AvgIpc) is 3.19. The molecule has 0 radical (unpaired) electrons. The fourth-order valence-corrected chi connectivity index (χ4v) is 4.70. The molecule has 2 aliphatic heterocycles. The Morgan fingerprint density at radius 1 is 1.35 bits per heavy atom. The Hall–Kier alpha value is -1.64. The van der Waals surface area contributed by atoms with Crippen molar-refractivity contribution in [2.75, 3.05) is 31.1 Å². The summed E-state index contributed by atoms with van der Waals surface area (Å²) in [6.07, 6.45) is 2.08. The van der Waals surface area contributed by atoms with Gasteiger partial charge in [0.1, 0.15) is 0 Å². The van der Waals surface area contributed by atoms with Crippen LogP contribution in [0.15, 0.2) is 16.7 Å². The molecule has 0 aliphatic carbocycles. The summed E-state index contributed by atoms with van der Waals surface area (Å²) in [5, 5.41) is 4.00. The maximum atomic E-state index is 12.5. The monoisotopic (exact) mass is 396 g/mol. The first kappa shape index (κ1) is 17.8. The van der Waals surface area contributed by atoms with Crippen LogP contribution in [0.2, 0.25) is 4.34 Å². The van der Waals surface area contributed by atoms with Gasteiger partial charge in [0.15, 0.2) is 0 Å². The Balaban J connectivity index is 1.45. The first-order valence-corrected chi connectivity index (χ1v) is 9.94. The number of hydrogen-bond donors (Lipinski definition) is 0. The second-order valence-corrected chi connectivity index (χ2v) is 8.64. The van der Waals surface area contributed by atoms with Crippen LogP contribution in [0, 0.1) is 6.92 Å². The zero-order valence-electron chi connectivity index (χ0n) is 14.6. The number of aryl methyl sites for hydroxylation is 1. The van der Waals surface area contributed by atoms with Crippen LogP contribution in [0.5, 0.6) is 0 Å². The SMILES string of the molecule is Cc1nc(N2CCC3(CC2)CN(Cc2ccc(Cl)s2)C(=O)CCO3)no1. The fraction of sp³-hybridized carbons (Fsp3) is 0.588. The van der Waals surface area contributed by atoms with Gasteiger partial charge in [-0.1, -0.05) is 11.6 Å². The zero-order valence-corrected chi connectivity index (χ0v) is 16.2. The molecule has 4 rings (SSSR count). The van der Waals surface area contributed by atoms with Gasteiger partial charge in [-0.2, -0.15) is 4.98 Å². The third-order valence-corrected chi connectivity index (χ3v) is 6.22. The van der Waals surface area contributed by atoms with E-state index in [0.29, 0.717) is 38.0 Å². The van der Waals surface area contributed by atoms with Crippen LogP contribution in [0.4, 0.5) is 5.95 Å². The number of aromatic nitrogens is 2. The molecule has 2 aromatic heterocycles. The van der Waals surface area contributed by atoms with Crippen molar-refractivity contribution in [2.45, 2.75) is 38.3 Å². The van der Waals surface area contributed by atoms with E-state index in [2.05, 4.69) is 15.0 Å². The molecule has 2 saturated heterocycles. The Labute approximate surface area is 160 Å². The zero-order chi connectivity index (χ0) is 18.1. The quantitative estimate of drug-likeness (QED) is 0.794. The van der Waals surface area contributed by atoms with E-state index in [1.54, 1.807) is 6.92 Å². The number of thiophene rings is 1. The van der Waals surface area contributed by atoms with Crippen molar-refractivity contribution >= 4 is 34.8 Å². The molecule has 1 spiro atoms. The summed E-state index contributed by atoms with van der Waals surface area (Å²) in [5.41, 5.74) is -0.303. The first-order chi connectivity index (χ1) is 12.5. The lowest BCUT2D eigenvalue weighted by Gasteiger charge is -2.42. The van der Waals surface area contributed by atoms with Crippen molar-refractivity contribution in [1.82, 2.24) is 15.0 Å². The highest BCUT2D eigenvalue weighted by atomic mass is 35.5. The molecule has 0 aromatic carbocycles. The van der Waals surface area contributed by atoms with Gasteiger partial charge in [0, 0.05) is 24.9 Å². The number of carbonyl (C=O) groups is 1. The molecule has 1 amide bonds. The van der Waals surface area contributed by atoms with Crippen molar-refractivity contribution < 1.29 is 14.1 Å². The van der Waals surface area contributed by atoms with Gasteiger partial charge in [0.05, 0.1) is 36.1 Å². The van der Waals surface area contributed by atoms with E-state index in [-0.39, 0.29) is 11.5 Å². The summed E-state index contributed by atoms with van der Waals surface area (Å²) in [7, 11) is 0. The van der Waals surface area contributed by atoms with Gasteiger partial charge >= 0.3 is 0 Å². The molecule has 0 bridgehead atoms. The third-order valence-electron chi connectivity index (χ3n) is 5.01.